The van der Waals surface area contributed by atoms with Gasteiger partial charge in [-0.05, 0) is 0 Å². The summed E-state index contributed by atoms with van der Waals surface area (Å²) in [7, 11) is -3.13. The Morgan fingerprint density at radius 3 is 1.22 bits per heavy atom. The van der Waals surface area contributed by atoms with Crippen molar-refractivity contribution in [1.29, 1.82) is 0 Å². The van der Waals surface area contributed by atoms with Crippen LogP contribution in [0.3, 0.4) is 0 Å². The van der Waals surface area contributed by atoms with E-state index in [1.807, 2.05) is 0 Å². The van der Waals surface area contributed by atoms with Crippen molar-refractivity contribution in [3.8, 4) is 0 Å². The van der Waals surface area contributed by atoms with E-state index in [4.69, 9.17) is 14.1 Å². The van der Waals surface area contributed by atoms with E-state index in [0.29, 0.717) is 0 Å². The van der Waals surface area contributed by atoms with Crippen molar-refractivity contribution in [3.05, 3.63) is 0 Å². The molecule has 9 heavy (non-hydrogen) atoms. The molecule has 0 saturated carbocycles. The monoisotopic (exact) mass is 234 g/mol. The second-order valence-corrected chi connectivity index (χ2v) is 0.848. The minimum absolute atomic E-state index is 0. The second kappa shape index (κ2) is 29.8. The average Bonchev–Trinajstić information content (AvgIpc) is 0.811. The fraction of sp³-hybridized carbons (Fsp3) is 0. The van der Waals surface area contributed by atoms with Gasteiger partial charge in [0.25, 0.3) is 0 Å². The Bertz CT molecular complexity index is 43.5. The van der Waals surface area contributed by atoms with Crippen molar-refractivity contribution in [2.75, 3.05) is 0 Å². The summed E-state index contributed by atoms with van der Waals surface area (Å²) in [5, 5.41) is 0. The predicted octanol–water partition coefficient (Wildman–Crippen LogP) is -6.10. The average molecular weight is 235 g/mol. The summed E-state index contributed by atoms with van der Waals surface area (Å²) in [6.45, 7) is 0. The molecule has 9 heteroatoms. The summed E-state index contributed by atoms with van der Waals surface area (Å²) in [6.07, 6.45) is 0. The van der Waals surface area contributed by atoms with Gasteiger partial charge in [-0.15, -0.1) is 0 Å². The van der Waals surface area contributed by atoms with Crippen LogP contribution in [0.1, 0.15) is 0 Å². The normalized spacial score (nSPS) is 2.67. The van der Waals surface area contributed by atoms with E-state index in [-0.39, 0.29) is 135 Å². The minimum atomic E-state index is -3.13. The maximum Gasteiger partial charge on any atom is 0.316 e. The quantitative estimate of drug-likeness (QED) is 0.409. The molecule has 0 aromatic heterocycles. The molecule has 0 atom stereocenters. The van der Waals surface area contributed by atoms with E-state index in [0.717, 1.165) is 0 Å². The molecule has 0 aliphatic carbocycles. The van der Waals surface area contributed by atoms with Crippen LogP contribution in [0.5, 0.6) is 0 Å². The molecule has 0 aliphatic rings. The number of hydrogen-bond donors (Lipinski definition) is 2. The van der Waals surface area contributed by atoms with Crippen molar-refractivity contribution < 1.29 is 19.5 Å². The Morgan fingerprint density at radius 2 is 1.22 bits per heavy atom. The van der Waals surface area contributed by atoms with Crippen molar-refractivity contribution in [2.45, 2.75) is 0 Å². The van der Waals surface area contributed by atoms with Crippen LogP contribution in [0.4, 0.5) is 0 Å². The summed E-state index contributed by atoms with van der Waals surface area (Å²) >= 11 is 0. The number of hydrogen-bond acceptors (Lipinski definition) is 1. The SMILES string of the molecule is O.O=[Si](O)O.[AlH3].[CaH2].[KH].[MgH2]. The molecule has 0 radical (unpaired) electrons. The van der Waals surface area contributed by atoms with Crippen molar-refractivity contribution >= 4 is 139 Å². The smallest absolute Gasteiger partial charge is 0.316 e. The van der Waals surface area contributed by atoms with Gasteiger partial charge in [-0.25, -0.2) is 0 Å². The molecule has 0 aliphatic heterocycles. The van der Waals surface area contributed by atoms with Gasteiger partial charge in [0.05, 0.1) is 0 Å². The standard InChI is InChI=1S/Al.Ca.K.Mg.H2O3Si.H2O.8H/c;;;;1-4(2)3;;;;;;;;;/h;;;;1-2H;1H2;;;;;;;;. The molecule has 0 aromatic carbocycles. The fourth-order valence-electron chi connectivity index (χ4n) is 0. The Morgan fingerprint density at radius 1 is 1.22 bits per heavy atom. The van der Waals surface area contributed by atoms with Crippen LogP contribution in [0.15, 0.2) is 0 Å². The van der Waals surface area contributed by atoms with E-state index in [1.54, 1.807) is 0 Å². The van der Waals surface area contributed by atoms with Crippen LogP contribution in [0.2, 0.25) is 0 Å². The van der Waals surface area contributed by atoms with Gasteiger partial charge in [0.15, 0.2) is 17.4 Å². The van der Waals surface area contributed by atoms with Gasteiger partial charge in [0.2, 0.25) is 0 Å². The maximum absolute atomic E-state index is 8.74. The fourth-order valence-corrected chi connectivity index (χ4v) is 0. The van der Waals surface area contributed by atoms with Crippen LogP contribution in [0.25, 0.3) is 0 Å². The van der Waals surface area contributed by atoms with Crippen molar-refractivity contribution in [2.24, 2.45) is 0 Å². The van der Waals surface area contributed by atoms with Gasteiger partial charge in [-0.2, -0.15) is 0 Å². The van der Waals surface area contributed by atoms with Crippen molar-refractivity contribution in [3.63, 3.8) is 0 Å². The van der Waals surface area contributed by atoms with Gasteiger partial charge in [-0.3, -0.25) is 4.46 Å². The largest absolute Gasteiger partial charge is 0.316 e. The maximum atomic E-state index is 8.74. The predicted molar refractivity (Wildman–Crippen MR) is 48.7 cm³/mol. The summed E-state index contributed by atoms with van der Waals surface area (Å²) in [4.78, 5) is 14.3. The van der Waals surface area contributed by atoms with Gasteiger partial charge in [0, 0.05) is 0 Å². The number of rotatable bonds is 0. The molecule has 4 nitrogen and oxygen atoms in total. The van der Waals surface area contributed by atoms with E-state index in [9.17, 15) is 0 Å². The molecule has 4 N–H and O–H groups in total. The molecule has 0 rings (SSSR count). The van der Waals surface area contributed by atoms with Crippen LogP contribution in [-0.4, -0.2) is 154 Å². The van der Waals surface area contributed by atoms with Crippen LogP contribution >= 0.6 is 0 Å². The van der Waals surface area contributed by atoms with Gasteiger partial charge >= 0.3 is 121 Å². The van der Waals surface area contributed by atoms with E-state index in [1.165, 1.54) is 0 Å². The van der Waals surface area contributed by atoms with Crippen LogP contribution in [-0.2, 0) is 4.46 Å². The first-order valence-corrected chi connectivity index (χ1v) is 1.95. The summed E-state index contributed by atoms with van der Waals surface area (Å²) in [5.41, 5.74) is 0. The summed E-state index contributed by atoms with van der Waals surface area (Å²) in [5.74, 6) is 0. The minimum Gasteiger partial charge on any atom is 0.316 e. The zero-order chi connectivity index (χ0) is 3.58. The zero-order valence-corrected chi connectivity index (χ0v) is 3.30. The second-order valence-electron chi connectivity index (χ2n) is 0.283. The first-order chi connectivity index (χ1) is 1.73. The Labute approximate surface area is 154 Å². The van der Waals surface area contributed by atoms with Crippen molar-refractivity contribution in [1.82, 2.24) is 0 Å². The first-order valence-electron chi connectivity index (χ1n) is 0.651. The summed E-state index contributed by atoms with van der Waals surface area (Å²) in [6, 6.07) is 0. The summed E-state index contributed by atoms with van der Waals surface area (Å²) < 4.78 is 8.74. The molecule has 0 fully saturated rings. The zero-order valence-electron chi connectivity index (χ0n) is 2.30. The van der Waals surface area contributed by atoms with Crippen LogP contribution in [0, 0.1) is 0 Å². The molecule has 48 valence electrons. The molecular weight excluding hydrogens is 223 g/mol. The Kier molecular flexibility index (Phi) is 128. The molecule has 0 unspecified atom stereocenters. The molecular formula is H12AlCaKMgO4Si. The van der Waals surface area contributed by atoms with Gasteiger partial charge in [0.1, 0.15) is 0 Å². The molecule has 0 amide bonds. The van der Waals surface area contributed by atoms with E-state index < -0.39 is 9.17 Å². The Balaban J connectivity index is -0.00000000450. The van der Waals surface area contributed by atoms with Gasteiger partial charge in [-0.1, -0.05) is 0 Å². The molecule has 0 spiro atoms. The molecule has 0 bridgehead atoms. The third kappa shape index (κ3) is 79.0. The third-order valence-electron chi connectivity index (χ3n) is 0. The van der Waals surface area contributed by atoms with E-state index >= 15 is 0 Å². The van der Waals surface area contributed by atoms with Crippen LogP contribution < -0.4 is 0 Å². The third-order valence-corrected chi connectivity index (χ3v) is 0. The first kappa shape index (κ1) is 38.6. The topological polar surface area (TPSA) is 89.0 Å². The van der Waals surface area contributed by atoms with E-state index in [2.05, 4.69) is 0 Å². The molecule has 0 aromatic rings. The molecule has 0 heterocycles. The Hall–Kier alpha value is 3.77. The molecule has 0 saturated heterocycles. The van der Waals surface area contributed by atoms with Gasteiger partial charge < -0.3 is 15.1 Å².